The summed E-state index contributed by atoms with van der Waals surface area (Å²) in [6, 6.07) is 19.1. The maximum atomic E-state index is 12.9. The summed E-state index contributed by atoms with van der Waals surface area (Å²) in [7, 11) is 0. The number of hydrogen-bond donors (Lipinski definition) is 1. The second kappa shape index (κ2) is 4.97. The van der Waals surface area contributed by atoms with E-state index in [0.717, 1.165) is 16.7 Å². The summed E-state index contributed by atoms with van der Waals surface area (Å²) < 4.78 is 0. The van der Waals surface area contributed by atoms with Gasteiger partial charge in [-0.25, -0.2) is 0 Å². The van der Waals surface area contributed by atoms with E-state index < -0.39 is 11.5 Å². The van der Waals surface area contributed by atoms with Crippen LogP contribution in [0, 0.1) is 0 Å². The lowest BCUT2D eigenvalue weighted by atomic mass is 9.82. The van der Waals surface area contributed by atoms with Crippen molar-refractivity contribution in [2.75, 3.05) is 0 Å². The highest BCUT2D eigenvalue weighted by Crippen LogP contribution is 2.47. The molecule has 3 rings (SSSR count). The number of carbonyl (C=O) groups is 1. The molecular formula is C19H18O2. The van der Waals surface area contributed by atoms with Gasteiger partial charge in [0.25, 0.3) is 0 Å². The zero-order valence-corrected chi connectivity index (χ0v) is 12.2. The minimum absolute atomic E-state index is 0.00472. The Labute approximate surface area is 124 Å². The summed E-state index contributed by atoms with van der Waals surface area (Å²) in [4.78, 5) is 12.9. The predicted molar refractivity (Wildman–Crippen MR) is 83.8 cm³/mol. The highest BCUT2D eigenvalue weighted by molar-refractivity contribution is 6.27. The number of hydrogen-bond acceptors (Lipinski definition) is 2. The molecule has 1 N–H and O–H groups in total. The van der Waals surface area contributed by atoms with Crippen molar-refractivity contribution in [3.8, 4) is 0 Å². The van der Waals surface area contributed by atoms with E-state index in [9.17, 15) is 9.90 Å². The Bertz CT molecular complexity index is 697. The Morgan fingerprint density at radius 1 is 0.952 bits per heavy atom. The fraction of sp³-hybridized carbons (Fsp3) is 0.211. The zero-order valence-electron chi connectivity index (χ0n) is 12.2. The van der Waals surface area contributed by atoms with Gasteiger partial charge in [0, 0.05) is 5.57 Å². The van der Waals surface area contributed by atoms with Crippen molar-refractivity contribution in [2.24, 2.45) is 0 Å². The number of aliphatic hydroxyl groups is 1. The van der Waals surface area contributed by atoms with Crippen LogP contribution >= 0.6 is 0 Å². The Balaban J connectivity index is 2.13. The number of ketones is 1. The molecule has 0 amide bonds. The fourth-order valence-electron chi connectivity index (χ4n) is 3.14. The van der Waals surface area contributed by atoms with E-state index in [2.05, 4.69) is 0 Å². The average molecular weight is 278 g/mol. The molecule has 2 aromatic rings. The van der Waals surface area contributed by atoms with Gasteiger partial charge in [0.2, 0.25) is 0 Å². The second-order valence-corrected chi connectivity index (χ2v) is 5.72. The number of carbonyl (C=O) groups excluding carboxylic acids is 1. The van der Waals surface area contributed by atoms with Crippen LogP contribution in [-0.2, 0) is 4.79 Å². The molecule has 21 heavy (non-hydrogen) atoms. The maximum Gasteiger partial charge on any atom is 0.174 e. The lowest BCUT2D eigenvalue weighted by Gasteiger charge is -2.26. The molecule has 2 aromatic carbocycles. The van der Waals surface area contributed by atoms with Gasteiger partial charge in [-0.15, -0.1) is 0 Å². The van der Waals surface area contributed by atoms with Crippen LogP contribution in [0.25, 0.3) is 5.57 Å². The summed E-state index contributed by atoms with van der Waals surface area (Å²) in [5.74, 6) is -0.538. The van der Waals surface area contributed by atoms with Crippen molar-refractivity contribution in [3.05, 3.63) is 77.4 Å². The molecule has 1 aliphatic carbocycles. The van der Waals surface area contributed by atoms with Crippen molar-refractivity contribution < 1.29 is 9.90 Å². The van der Waals surface area contributed by atoms with E-state index in [-0.39, 0.29) is 5.78 Å². The second-order valence-electron chi connectivity index (χ2n) is 5.72. The summed E-state index contributed by atoms with van der Waals surface area (Å²) >= 11 is 0. The Kier molecular flexibility index (Phi) is 3.26. The van der Waals surface area contributed by atoms with Gasteiger partial charge >= 0.3 is 0 Å². The van der Waals surface area contributed by atoms with Crippen LogP contribution in [0.3, 0.4) is 0 Å². The molecule has 2 heteroatoms. The van der Waals surface area contributed by atoms with Crippen LogP contribution in [-0.4, -0.2) is 16.5 Å². The molecule has 0 bridgehead atoms. The van der Waals surface area contributed by atoms with E-state index in [1.807, 2.05) is 67.6 Å². The van der Waals surface area contributed by atoms with Gasteiger partial charge in [0.05, 0.1) is 11.5 Å². The van der Waals surface area contributed by atoms with Gasteiger partial charge in [0.15, 0.2) is 5.78 Å². The first-order chi connectivity index (χ1) is 10.0. The molecule has 0 saturated heterocycles. The van der Waals surface area contributed by atoms with Crippen molar-refractivity contribution in [2.45, 2.75) is 25.4 Å². The van der Waals surface area contributed by atoms with Crippen molar-refractivity contribution >= 4 is 11.4 Å². The van der Waals surface area contributed by atoms with Crippen molar-refractivity contribution in [1.82, 2.24) is 0 Å². The van der Waals surface area contributed by atoms with Crippen LogP contribution in [0.15, 0.2) is 66.2 Å². The summed E-state index contributed by atoms with van der Waals surface area (Å²) in [6.07, 6.45) is 0. The van der Waals surface area contributed by atoms with E-state index in [0.29, 0.717) is 5.57 Å². The molecular weight excluding hydrogens is 260 g/mol. The third-order valence-electron chi connectivity index (χ3n) is 4.40. The summed E-state index contributed by atoms with van der Waals surface area (Å²) in [5.41, 5.74) is 1.97. The van der Waals surface area contributed by atoms with Gasteiger partial charge in [0.1, 0.15) is 0 Å². The molecule has 0 aromatic heterocycles. The Morgan fingerprint density at radius 3 is 2.05 bits per heavy atom. The predicted octanol–water partition coefficient (Wildman–Crippen LogP) is 3.58. The Hall–Kier alpha value is -2.19. The van der Waals surface area contributed by atoms with Crippen molar-refractivity contribution in [1.29, 1.82) is 0 Å². The van der Waals surface area contributed by atoms with Gasteiger partial charge in [-0.1, -0.05) is 60.7 Å². The first kappa shape index (κ1) is 13.8. The van der Waals surface area contributed by atoms with Crippen LogP contribution in [0.4, 0.5) is 0 Å². The van der Waals surface area contributed by atoms with Gasteiger partial charge in [-0.05, 0) is 30.5 Å². The normalized spacial score (nSPS) is 25.5. The Morgan fingerprint density at radius 2 is 1.48 bits per heavy atom. The number of Topliss-reactive ketones (excluding diaryl/α,β-unsaturated/α-hetero) is 1. The maximum absolute atomic E-state index is 12.9. The monoisotopic (exact) mass is 278 g/mol. The van der Waals surface area contributed by atoms with Crippen LogP contribution < -0.4 is 0 Å². The fourth-order valence-corrected chi connectivity index (χ4v) is 3.14. The average Bonchev–Trinajstić information content (AvgIpc) is 2.67. The smallest absolute Gasteiger partial charge is 0.174 e. The molecule has 0 unspecified atom stereocenters. The van der Waals surface area contributed by atoms with E-state index in [1.54, 1.807) is 6.92 Å². The molecule has 0 fully saturated rings. The molecule has 0 aliphatic heterocycles. The first-order valence-electron chi connectivity index (χ1n) is 7.12. The highest BCUT2D eigenvalue weighted by atomic mass is 16.3. The van der Waals surface area contributed by atoms with E-state index in [1.165, 1.54) is 0 Å². The van der Waals surface area contributed by atoms with Crippen LogP contribution in [0.2, 0.25) is 0 Å². The lowest BCUT2D eigenvalue weighted by Crippen LogP contribution is -2.32. The molecule has 0 saturated carbocycles. The van der Waals surface area contributed by atoms with Crippen molar-refractivity contribution in [3.63, 3.8) is 0 Å². The number of benzene rings is 2. The molecule has 0 spiro atoms. The van der Waals surface area contributed by atoms with E-state index >= 15 is 0 Å². The molecule has 106 valence electrons. The number of rotatable bonds is 2. The SMILES string of the molecule is CC1=C(c2ccccc2)C(=O)[C@H](c2ccccc2)[C@]1(C)O. The van der Waals surface area contributed by atoms with E-state index in [4.69, 9.17) is 0 Å². The summed E-state index contributed by atoms with van der Waals surface area (Å²) in [6.45, 7) is 3.58. The largest absolute Gasteiger partial charge is 0.385 e. The first-order valence-corrected chi connectivity index (χ1v) is 7.12. The molecule has 0 heterocycles. The molecule has 2 atom stereocenters. The minimum atomic E-state index is -1.15. The third kappa shape index (κ3) is 2.12. The van der Waals surface area contributed by atoms with Gasteiger partial charge < -0.3 is 5.11 Å². The molecule has 2 nitrogen and oxygen atoms in total. The lowest BCUT2D eigenvalue weighted by molar-refractivity contribution is -0.117. The number of allylic oxidation sites excluding steroid dienone is 1. The van der Waals surface area contributed by atoms with Crippen LogP contribution in [0.5, 0.6) is 0 Å². The zero-order chi connectivity index (χ0) is 15.0. The quantitative estimate of drug-likeness (QED) is 0.911. The topological polar surface area (TPSA) is 37.3 Å². The third-order valence-corrected chi connectivity index (χ3v) is 4.40. The minimum Gasteiger partial charge on any atom is -0.385 e. The van der Waals surface area contributed by atoms with Gasteiger partial charge in [-0.2, -0.15) is 0 Å². The summed E-state index contributed by atoms with van der Waals surface area (Å²) in [5, 5.41) is 10.9. The molecule has 1 aliphatic rings. The van der Waals surface area contributed by atoms with Crippen LogP contribution in [0.1, 0.15) is 30.9 Å². The standard InChI is InChI=1S/C19H18O2/c1-13-16(14-9-5-3-6-10-14)18(20)17(19(13,2)21)15-11-7-4-8-12-15/h3-12,17,21H,1-2H3/t17-,19+/m0/s1. The molecule has 0 radical (unpaired) electrons. The van der Waals surface area contributed by atoms with Gasteiger partial charge in [-0.3, -0.25) is 4.79 Å². The highest BCUT2D eigenvalue weighted by Gasteiger charge is 2.48.